The lowest BCUT2D eigenvalue weighted by Gasteiger charge is -2.31. The molecule has 5 aromatic rings. The van der Waals surface area contributed by atoms with Gasteiger partial charge in [-0.15, -0.1) is 17.0 Å². The Bertz CT molecular complexity index is 2050. The lowest BCUT2D eigenvalue weighted by Crippen LogP contribution is -2.42. The lowest BCUT2D eigenvalue weighted by molar-refractivity contribution is -0.671. The number of nitrogens with zero attached hydrogens (tertiary/aromatic N) is 3. The monoisotopic (exact) mass is 835 g/mol. The van der Waals surface area contributed by atoms with Crippen molar-refractivity contribution in [1.82, 2.24) is 15.5 Å². The predicted molar refractivity (Wildman–Crippen MR) is 240 cm³/mol. The van der Waals surface area contributed by atoms with Gasteiger partial charge in [-0.3, -0.25) is 4.79 Å². The number of ether oxygens (including phenoxy) is 1. The highest BCUT2D eigenvalue weighted by atomic mass is 79.9. The molecule has 9 heteroatoms. The van der Waals surface area contributed by atoms with E-state index in [1.54, 1.807) is 0 Å². The topological polar surface area (TPSA) is 83.8 Å². The maximum atomic E-state index is 12.8. The molecule has 57 heavy (non-hydrogen) atoms. The van der Waals surface area contributed by atoms with Gasteiger partial charge in [-0.25, -0.2) is 0 Å². The van der Waals surface area contributed by atoms with Crippen molar-refractivity contribution in [1.29, 1.82) is 0 Å². The Hall–Kier alpha value is -4.28. The lowest BCUT2D eigenvalue weighted by atomic mass is 9.98. The number of carbonyl (C=O) groups excluding carboxylic acids is 1. The van der Waals surface area contributed by atoms with Crippen LogP contribution in [0.15, 0.2) is 97.2 Å². The maximum Gasteiger partial charge on any atom is 0.221 e. The largest absolute Gasteiger partial charge is 0.849 e. The summed E-state index contributed by atoms with van der Waals surface area (Å²) in [6.07, 6.45) is 11.5. The molecule has 0 radical (unpaired) electrons. The Morgan fingerprint density at radius 2 is 1.75 bits per heavy atom. The van der Waals surface area contributed by atoms with E-state index in [9.17, 15) is 9.90 Å². The number of halogens is 1. The van der Waals surface area contributed by atoms with Crippen LogP contribution < -0.4 is 29.9 Å². The zero-order chi connectivity index (χ0) is 39.1. The van der Waals surface area contributed by atoms with Crippen molar-refractivity contribution in [3.05, 3.63) is 114 Å². The number of anilines is 1. The van der Waals surface area contributed by atoms with Gasteiger partial charge in [0.1, 0.15) is 12.3 Å². The molecule has 0 saturated heterocycles. The van der Waals surface area contributed by atoms with Gasteiger partial charge < -0.3 is 30.3 Å². The number of aryl methyl sites for hydroxylation is 2. The Morgan fingerprint density at radius 3 is 2.60 bits per heavy atom. The summed E-state index contributed by atoms with van der Waals surface area (Å²) >= 11 is 0. The summed E-state index contributed by atoms with van der Waals surface area (Å²) in [5.41, 5.74) is 6.18. The average molecular weight is 837 g/mol. The minimum atomic E-state index is -0.840. The molecule has 0 bridgehead atoms. The van der Waals surface area contributed by atoms with Crippen LogP contribution in [0.5, 0.6) is 5.75 Å². The number of rotatable bonds is 21. The van der Waals surface area contributed by atoms with Gasteiger partial charge in [0.25, 0.3) is 0 Å². The van der Waals surface area contributed by atoms with E-state index in [1.165, 1.54) is 33.3 Å². The van der Waals surface area contributed by atoms with Crippen molar-refractivity contribution in [3.63, 3.8) is 0 Å². The van der Waals surface area contributed by atoms with E-state index in [0.29, 0.717) is 13.0 Å². The minimum absolute atomic E-state index is 0. The molecule has 2 heterocycles. The predicted octanol–water partition coefficient (Wildman–Crippen LogP) is 7.59. The molecule has 1 aliphatic heterocycles. The van der Waals surface area contributed by atoms with Crippen LogP contribution >= 0.6 is 17.0 Å². The second-order valence-corrected chi connectivity index (χ2v) is 15.1. The standard InChI is InChI=1S/C48H61N5O3.BrH/c1-4-51(5-2)29-11-14-37(3)50-48(55)27-33-52-30-12-17-41-34-38(23-25-45(41)52)22-24-40-26-32-53(46-20-9-8-18-43(40)46)31-13-28-49-35-42(54)36-56-47-21-10-16-39-15-6-7-19-44(39)47;/h6-10,15-16,18-26,32,34,37,42,49H,4-5,11-14,17,27-31,33,35-36H2,1-3H3,(H,50,55);1H. The van der Waals surface area contributed by atoms with Gasteiger partial charge in [0.15, 0.2) is 6.20 Å². The van der Waals surface area contributed by atoms with Crippen molar-refractivity contribution >= 4 is 62.4 Å². The zero-order valence-corrected chi connectivity index (χ0v) is 35.8. The highest BCUT2D eigenvalue weighted by Crippen LogP contribution is 2.29. The van der Waals surface area contributed by atoms with Crippen molar-refractivity contribution in [2.45, 2.75) is 78.0 Å². The molecule has 2 N–H and O–H groups in total. The fraction of sp³-hybridized carbons (Fsp3) is 0.417. The highest BCUT2D eigenvalue weighted by Gasteiger charge is 2.19. The number of amides is 1. The number of hydrogen-bond acceptors (Lipinski definition) is 6. The van der Waals surface area contributed by atoms with Gasteiger partial charge in [0, 0.05) is 61.7 Å². The van der Waals surface area contributed by atoms with Crippen LogP contribution in [-0.4, -0.2) is 75.4 Å². The molecule has 2 atom stereocenters. The first-order valence-electron chi connectivity index (χ1n) is 20.9. The summed E-state index contributed by atoms with van der Waals surface area (Å²) in [6.45, 7) is 13.6. The molecule has 2 unspecified atom stereocenters. The second kappa shape index (κ2) is 22.6. The molecule has 0 spiro atoms. The third-order valence-electron chi connectivity index (χ3n) is 11.1. The molecule has 0 saturated carbocycles. The van der Waals surface area contributed by atoms with E-state index in [2.05, 4.69) is 125 Å². The molecule has 1 aliphatic rings. The first kappa shape index (κ1) is 43.8. The van der Waals surface area contributed by atoms with E-state index >= 15 is 0 Å². The van der Waals surface area contributed by atoms with E-state index in [4.69, 9.17) is 4.74 Å². The van der Waals surface area contributed by atoms with Gasteiger partial charge in [-0.2, -0.15) is 4.57 Å². The highest BCUT2D eigenvalue weighted by molar-refractivity contribution is 8.93. The quantitative estimate of drug-likeness (QED) is 0.0586. The Morgan fingerprint density at radius 1 is 0.965 bits per heavy atom. The van der Waals surface area contributed by atoms with Crippen LogP contribution in [0.4, 0.5) is 5.69 Å². The molecule has 1 aromatic heterocycles. The van der Waals surface area contributed by atoms with Crippen LogP contribution in [0.2, 0.25) is 0 Å². The smallest absolute Gasteiger partial charge is 0.221 e. The number of pyridine rings is 1. The summed E-state index contributed by atoms with van der Waals surface area (Å²) in [4.78, 5) is 17.6. The van der Waals surface area contributed by atoms with Crippen LogP contribution in [0, 0.1) is 0 Å². The summed E-state index contributed by atoms with van der Waals surface area (Å²) in [7, 11) is 0. The van der Waals surface area contributed by atoms with Gasteiger partial charge in [0.2, 0.25) is 11.4 Å². The number of fused-ring (bicyclic) bond motifs is 3. The van der Waals surface area contributed by atoms with E-state index in [0.717, 1.165) is 94.4 Å². The number of aromatic nitrogens is 1. The summed E-state index contributed by atoms with van der Waals surface area (Å²) in [5, 5.41) is 22.6. The summed E-state index contributed by atoms with van der Waals surface area (Å²) in [6, 6.07) is 31.7. The number of hydrogen-bond donors (Lipinski definition) is 2. The van der Waals surface area contributed by atoms with Crippen LogP contribution in [0.1, 0.15) is 69.6 Å². The summed E-state index contributed by atoms with van der Waals surface area (Å²) in [5.74, 6) is 0.906. The zero-order valence-electron chi connectivity index (χ0n) is 34.1. The normalized spacial score (nSPS) is 13.8. The number of nitrogens with one attached hydrogen (secondary N) is 2. The van der Waals surface area contributed by atoms with Crippen molar-refractivity contribution in [2.24, 2.45) is 0 Å². The summed E-state index contributed by atoms with van der Waals surface area (Å²) < 4.78 is 8.21. The van der Waals surface area contributed by atoms with E-state index < -0.39 is 6.10 Å². The third-order valence-corrected chi connectivity index (χ3v) is 11.1. The molecule has 0 fully saturated rings. The molecule has 304 valence electrons. The average Bonchev–Trinajstić information content (AvgIpc) is 3.23. The SMILES string of the molecule is Br.CCN(CC)CCCC(C)NC(=O)CCN1CCCc2cc(C=Cc3cc[n+](CCCNCC([O-])COc4cccc5ccccc45)c4ccccc34)ccc21. The Labute approximate surface area is 350 Å². The molecular formula is C48H62BrN5O3. The number of carbonyl (C=O) groups is 1. The van der Waals surface area contributed by atoms with Crippen molar-refractivity contribution < 1.29 is 19.2 Å². The molecule has 8 nitrogen and oxygen atoms in total. The second-order valence-electron chi connectivity index (χ2n) is 15.1. The fourth-order valence-corrected chi connectivity index (χ4v) is 7.88. The first-order chi connectivity index (χ1) is 27.4. The maximum absolute atomic E-state index is 12.8. The third kappa shape index (κ3) is 12.6. The number of benzene rings is 4. The van der Waals surface area contributed by atoms with Crippen LogP contribution in [0.3, 0.4) is 0 Å². The van der Waals surface area contributed by atoms with Crippen molar-refractivity contribution in [3.8, 4) is 5.75 Å². The van der Waals surface area contributed by atoms with Crippen LogP contribution in [-0.2, 0) is 17.8 Å². The van der Waals surface area contributed by atoms with Crippen molar-refractivity contribution in [2.75, 3.05) is 57.3 Å². The minimum Gasteiger partial charge on any atom is -0.849 e. The first-order valence-corrected chi connectivity index (χ1v) is 20.9. The Balaban J connectivity index is 0.00000620. The molecule has 4 aromatic carbocycles. The number of para-hydroxylation sites is 1. The van der Waals surface area contributed by atoms with E-state index in [-0.39, 0.29) is 35.5 Å². The fourth-order valence-electron chi connectivity index (χ4n) is 7.88. The van der Waals surface area contributed by atoms with Gasteiger partial charge in [-0.05, 0) is 105 Å². The molecular weight excluding hydrogens is 774 g/mol. The van der Waals surface area contributed by atoms with E-state index in [1.807, 2.05) is 30.3 Å². The molecule has 0 aliphatic carbocycles. The van der Waals surface area contributed by atoms with Crippen LogP contribution in [0.25, 0.3) is 33.8 Å². The van der Waals surface area contributed by atoms with Gasteiger partial charge in [-0.1, -0.05) is 86.7 Å². The van der Waals surface area contributed by atoms with Gasteiger partial charge in [0.05, 0.1) is 12.0 Å². The van der Waals surface area contributed by atoms with Gasteiger partial charge >= 0.3 is 0 Å². The Kier molecular flexibility index (Phi) is 17.4. The molecule has 1 amide bonds. The molecule has 6 rings (SSSR count).